The molecule has 0 aliphatic carbocycles. The maximum atomic E-state index is 12.2. The van der Waals surface area contributed by atoms with Crippen molar-refractivity contribution in [1.82, 2.24) is 28.7 Å². The lowest BCUT2D eigenvalue weighted by molar-refractivity contribution is -0.0271. The lowest BCUT2D eigenvalue weighted by Crippen LogP contribution is -2.36. The molecule has 2 fully saturated rings. The molecule has 1 aromatic carbocycles. The molecule has 56 heavy (non-hydrogen) atoms. The smallest absolute Gasteiger partial charge is 0.351 e. The number of aliphatic hydroxyl groups is 2. The number of hydrogen-bond acceptors (Lipinski definition) is 14. The van der Waals surface area contributed by atoms with E-state index in [-0.39, 0.29) is 55.3 Å². The van der Waals surface area contributed by atoms with Gasteiger partial charge in [0.2, 0.25) is 0 Å². The van der Waals surface area contributed by atoms with Crippen molar-refractivity contribution < 1.29 is 24.4 Å². The third-order valence-corrected chi connectivity index (χ3v) is 9.76. The van der Waals surface area contributed by atoms with E-state index >= 15 is 0 Å². The third kappa shape index (κ3) is 11.2. The first-order valence-corrected chi connectivity index (χ1v) is 18.7. The Morgan fingerprint density at radius 2 is 1.75 bits per heavy atom. The molecule has 5 atom stereocenters. The van der Waals surface area contributed by atoms with Crippen LogP contribution in [0, 0.1) is 6.92 Å². The molecule has 5 heterocycles. The maximum absolute atomic E-state index is 12.2. The molecule has 21 heteroatoms. The molecule has 0 unspecified atom stereocenters. The quantitative estimate of drug-likeness (QED) is 0.0817. The van der Waals surface area contributed by atoms with Crippen LogP contribution in [0.1, 0.15) is 68.0 Å². The highest BCUT2D eigenvalue weighted by Crippen LogP contribution is 2.31. The predicted octanol–water partition coefficient (Wildman–Crippen LogP) is 1.45. The first-order chi connectivity index (χ1) is 26.8. The SMILES string of the molecule is CCOCn1c(Cc2ccccc2)c(C(C)C)c(=O)[nH]c1=O.Cc1cn([C@H]2C[C@H](N=[N+]=[N-])[C@@H](CO)O2)c(=O)[nH]c1=O.Nc1ccn([C@@H]2CS[C@H](CO)O2)c(=O)n1. The van der Waals surface area contributed by atoms with Gasteiger partial charge in [0, 0.05) is 59.3 Å². The van der Waals surface area contributed by atoms with Gasteiger partial charge in [-0.15, -0.1) is 11.8 Å². The van der Waals surface area contributed by atoms with Crippen molar-refractivity contribution in [1.29, 1.82) is 0 Å². The summed E-state index contributed by atoms with van der Waals surface area (Å²) in [6.45, 7) is 7.63. The van der Waals surface area contributed by atoms with Crippen LogP contribution in [0.2, 0.25) is 0 Å². The summed E-state index contributed by atoms with van der Waals surface area (Å²) in [5.41, 5.74) is 14.1. The molecule has 2 aliphatic rings. The van der Waals surface area contributed by atoms with Gasteiger partial charge in [0.15, 0.2) is 0 Å². The molecule has 0 bridgehead atoms. The first-order valence-electron chi connectivity index (χ1n) is 17.6. The fourth-order valence-electron chi connectivity index (χ4n) is 5.89. The van der Waals surface area contributed by atoms with E-state index in [1.165, 1.54) is 31.7 Å². The van der Waals surface area contributed by atoms with Gasteiger partial charge in [-0.05, 0) is 36.9 Å². The zero-order valence-electron chi connectivity index (χ0n) is 31.3. The highest BCUT2D eigenvalue weighted by atomic mass is 32.2. The monoisotopic (exact) mass is 798 g/mol. The molecule has 0 radical (unpaired) electrons. The summed E-state index contributed by atoms with van der Waals surface area (Å²) in [6.07, 6.45) is 2.04. The number of aromatic nitrogens is 6. The number of anilines is 1. The standard InChI is InChI=1S/C17H22N2O3.C10H13N5O4.C8H11N3O3S/c1-4-22-11-19-14(10-13-8-6-5-7-9-13)15(12(2)3)16(20)18-17(19)21;1-5-3-15(10(18)12-9(5)17)8-2-6(13-14-11)7(4-16)19-8;9-5-1-2-11(8(13)10-5)6-4-15-7(3-12)14-6/h5-9,12H,4,10-11H2,1-3H3,(H,18,20,21);3,6-8,16H,2,4H2,1H3,(H,12,17,18);1-2,6-7,12H,3-4H2,(H2,9,10,13)/t;6-,7+,8+;6-,7+/m.00/s1. The van der Waals surface area contributed by atoms with Gasteiger partial charge in [0.05, 0.1) is 25.4 Å². The predicted molar refractivity (Wildman–Crippen MR) is 207 cm³/mol. The molecule has 6 N–H and O–H groups in total. The topological polar surface area (TPSA) is 288 Å². The van der Waals surface area contributed by atoms with Gasteiger partial charge in [0.25, 0.3) is 11.1 Å². The molecule has 3 aromatic heterocycles. The van der Waals surface area contributed by atoms with Crippen LogP contribution in [0.15, 0.2) is 77.9 Å². The highest BCUT2D eigenvalue weighted by molar-refractivity contribution is 8.00. The minimum absolute atomic E-state index is 0.0240. The highest BCUT2D eigenvalue weighted by Gasteiger charge is 2.35. The van der Waals surface area contributed by atoms with Gasteiger partial charge in [-0.1, -0.05) is 49.3 Å². The number of H-pyrrole nitrogens is 2. The van der Waals surface area contributed by atoms with E-state index in [4.69, 9.17) is 35.7 Å². The van der Waals surface area contributed by atoms with Crippen LogP contribution >= 0.6 is 11.8 Å². The lowest BCUT2D eigenvalue weighted by Gasteiger charge is -2.18. The van der Waals surface area contributed by atoms with Gasteiger partial charge in [0.1, 0.15) is 30.4 Å². The Balaban J connectivity index is 0.000000190. The molecule has 0 saturated carbocycles. The number of nitrogen functional groups attached to an aromatic ring is 1. The van der Waals surface area contributed by atoms with Gasteiger partial charge in [-0.3, -0.25) is 33.3 Å². The van der Waals surface area contributed by atoms with E-state index in [0.717, 1.165) is 11.3 Å². The Bertz CT molecular complexity index is 2270. The van der Waals surface area contributed by atoms with Crippen LogP contribution in [-0.4, -0.2) is 82.0 Å². The number of benzene rings is 1. The van der Waals surface area contributed by atoms with Crippen molar-refractivity contribution in [2.45, 2.75) is 83.2 Å². The van der Waals surface area contributed by atoms with Gasteiger partial charge >= 0.3 is 17.1 Å². The number of thioether (sulfide) groups is 1. The van der Waals surface area contributed by atoms with Gasteiger partial charge in [-0.25, -0.2) is 14.4 Å². The molecular weight excluding hydrogens is 753 g/mol. The van der Waals surface area contributed by atoms with Gasteiger partial charge in [-0.2, -0.15) is 4.98 Å². The van der Waals surface area contributed by atoms with E-state index in [9.17, 15) is 24.0 Å². The number of aliphatic hydroxyl groups excluding tert-OH is 2. The number of aryl methyl sites for hydroxylation is 1. The molecular formula is C35H46N10O10S. The Morgan fingerprint density at radius 1 is 1.04 bits per heavy atom. The Hall–Kier alpha value is -5.28. The number of azide groups is 1. The van der Waals surface area contributed by atoms with Crippen LogP contribution < -0.4 is 33.9 Å². The average molecular weight is 799 g/mol. The second-order valence-corrected chi connectivity index (χ2v) is 14.1. The molecule has 6 rings (SSSR count). The number of nitrogens with one attached hydrogen (secondary N) is 2. The summed E-state index contributed by atoms with van der Waals surface area (Å²) in [7, 11) is 0. The average Bonchev–Trinajstić information content (AvgIpc) is 3.81. The fourth-order valence-corrected chi connectivity index (χ4v) is 6.82. The van der Waals surface area contributed by atoms with Crippen molar-refractivity contribution in [2.24, 2.45) is 5.11 Å². The maximum Gasteiger partial charge on any atom is 0.351 e. The fraction of sp³-hybridized carbons (Fsp3) is 0.486. The number of ether oxygens (including phenoxy) is 3. The van der Waals surface area contributed by atoms with Crippen molar-refractivity contribution >= 4 is 17.6 Å². The van der Waals surface area contributed by atoms with Gasteiger partial charge < -0.3 is 30.2 Å². The molecule has 302 valence electrons. The summed E-state index contributed by atoms with van der Waals surface area (Å²) in [5.74, 6) is 0.841. The number of hydrogen-bond donors (Lipinski definition) is 5. The van der Waals surface area contributed by atoms with Crippen LogP contribution in [0.4, 0.5) is 5.82 Å². The van der Waals surface area contributed by atoms with Crippen molar-refractivity contribution in [3.63, 3.8) is 0 Å². The molecule has 2 aliphatic heterocycles. The minimum atomic E-state index is -0.671. The zero-order chi connectivity index (χ0) is 40.9. The number of rotatable bonds is 11. The second-order valence-electron chi connectivity index (χ2n) is 12.9. The molecule has 0 amide bonds. The van der Waals surface area contributed by atoms with Crippen LogP contribution in [0.25, 0.3) is 10.4 Å². The van der Waals surface area contributed by atoms with E-state index in [2.05, 4.69) is 25.0 Å². The van der Waals surface area contributed by atoms with E-state index in [0.29, 0.717) is 29.9 Å². The van der Waals surface area contributed by atoms with E-state index in [1.54, 1.807) is 19.2 Å². The summed E-state index contributed by atoms with van der Waals surface area (Å²) in [4.78, 5) is 69.6. The molecule has 0 spiro atoms. The first kappa shape index (κ1) is 43.4. The van der Waals surface area contributed by atoms with Crippen LogP contribution in [0.5, 0.6) is 0 Å². The largest absolute Gasteiger partial charge is 0.394 e. The van der Waals surface area contributed by atoms with Crippen molar-refractivity contribution in [3.8, 4) is 0 Å². The lowest BCUT2D eigenvalue weighted by atomic mass is 9.98. The van der Waals surface area contributed by atoms with Crippen LogP contribution in [0.3, 0.4) is 0 Å². The Labute approximate surface area is 323 Å². The summed E-state index contributed by atoms with van der Waals surface area (Å²) < 4.78 is 20.4. The summed E-state index contributed by atoms with van der Waals surface area (Å²) >= 11 is 1.47. The number of nitrogens with two attached hydrogens (primary N) is 1. The van der Waals surface area contributed by atoms with Crippen molar-refractivity contribution in [2.75, 3.05) is 31.3 Å². The summed E-state index contributed by atoms with van der Waals surface area (Å²) in [6, 6.07) is 10.8. The zero-order valence-corrected chi connectivity index (χ0v) is 32.1. The molecule has 20 nitrogen and oxygen atoms in total. The number of aromatic amines is 2. The Kier molecular flexibility index (Phi) is 16.0. The normalized spacial score (nSPS) is 20.1. The Morgan fingerprint density at radius 3 is 2.36 bits per heavy atom. The summed E-state index contributed by atoms with van der Waals surface area (Å²) in [5, 5.41) is 21.5. The van der Waals surface area contributed by atoms with E-state index in [1.807, 2.05) is 51.1 Å². The van der Waals surface area contributed by atoms with Crippen LogP contribution in [-0.2, 0) is 27.4 Å². The van der Waals surface area contributed by atoms with E-state index < -0.39 is 41.0 Å². The minimum Gasteiger partial charge on any atom is -0.394 e. The molecule has 2 saturated heterocycles. The third-order valence-electron chi connectivity index (χ3n) is 8.65. The van der Waals surface area contributed by atoms with Crippen molar-refractivity contribution in [3.05, 3.63) is 134 Å². The number of nitrogens with zero attached hydrogens (tertiary/aromatic N) is 7. The molecule has 4 aromatic rings. The second kappa shape index (κ2) is 20.6.